The molecule has 10 heavy (non-hydrogen) atoms. The van der Waals surface area contributed by atoms with Crippen LogP contribution in [0.1, 0.15) is 33.6 Å². The van der Waals surface area contributed by atoms with Gasteiger partial charge in [-0.15, -0.1) is 0 Å². The van der Waals surface area contributed by atoms with Gasteiger partial charge in [0, 0.05) is 0 Å². The van der Waals surface area contributed by atoms with Crippen LogP contribution < -0.4 is 0 Å². The maximum absolute atomic E-state index is 11.0. The van der Waals surface area contributed by atoms with Crippen molar-refractivity contribution in [2.24, 2.45) is 0 Å². The first kappa shape index (κ1) is 9.95. The first-order valence-corrected chi connectivity index (χ1v) is 5.10. The van der Waals surface area contributed by atoms with Gasteiger partial charge < -0.3 is 0 Å². The van der Waals surface area contributed by atoms with Gasteiger partial charge in [0.2, 0.25) is 0 Å². The summed E-state index contributed by atoms with van der Waals surface area (Å²) in [6.07, 6.45) is 4.42. The Morgan fingerprint density at radius 3 is 1.60 bits per heavy atom. The lowest BCUT2D eigenvalue weighted by atomic mass is 10.1. The van der Waals surface area contributed by atoms with Gasteiger partial charge in [0.15, 0.2) is 9.84 Å². The molecule has 0 N–H and O–H groups in total. The van der Waals surface area contributed by atoms with Gasteiger partial charge in [-0.3, -0.25) is 0 Å². The molecule has 0 aliphatic carbocycles. The highest BCUT2D eigenvalue weighted by atomic mass is 32.2. The zero-order valence-electron chi connectivity index (χ0n) is 6.85. The van der Waals surface area contributed by atoms with E-state index < -0.39 is 14.6 Å². The van der Waals surface area contributed by atoms with Crippen LogP contribution in [-0.2, 0) is 9.84 Å². The van der Waals surface area contributed by atoms with Crippen LogP contribution in [0.3, 0.4) is 0 Å². The van der Waals surface area contributed by atoms with Crippen molar-refractivity contribution in [3.8, 4) is 0 Å². The summed E-state index contributed by atoms with van der Waals surface area (Å²) in [6.45, 7) is 5.47. The average molecular weight is 163 g/mol. The van der Waals surface area contributed by atoms with E-state index in [0.717, 1.165) is 0 Å². The predicted molar refractivity (Wildman–Crippen MR) is 43.3 cm³/mol. The van der Waals surface area contributed by atoms with Gasteiger partial charge in [0.1, 0.15) is 0 Å². The van der Waals surface area contributed by atoms with Gasteiger partial charge in [-0.05, 0) is 19.8 Å². The maximum atomic E-state index is 11.0. The minimum absolute atomic E-state index is 0.618. The standard InChI is InChI=1S/C7H15O2S/c1-5-7(3,6-2)10(4,8)9/h4-6H2,1-3H3. The topological polar surface area (TPSA) is 34.1 Å². The van der Waals surface area contributed by atoms with Crippen LogP contribution in [0.5, 0.6) is 0 Å². The van der Waals surface area contributed by atoms with Crippen molar-refractivity contribution >= 4 is 9.84 Å². The molecular formula is C7H15O2S. The molecule has 3 heteroatoms. The summed E-state index contributed by atoms with van der Waals surface area (Å²) in [7, 11) is -3.11. The second kappa shape index (κ2) is 2.91. The van der Waals surface area contributed by atoms with E-state index in [0.29, 0.717) is 12.8 Å². The van der Waals surface area contributed by atoms with Crippen molar-refractivity contribution in [3.63, 3.8) is 0 Å². The molecule has 0 aliphatic heterocycles. The molecule has 0 aromatic rings. The lowest BCUT2D eigenvalue weighted by molar-refractivity contribution is 0.514. The zero-order chi connectivity index (χ0) is 8.41. The molecule has 0 heterocycles. The summed E-state index contributed by atoms with van der Waals surface area (Å²) in [5, 5.41) is 0. The molecule has 0 spiro atoms. The summed E-state index contributed by atoms with van der Waals surface area (Å²) >= 11 is 0. The van der Waals surface area contributed by atoms with Gasteiger partial charge in [-0.25, -0.2) is 8.42 Å². The Morgan fingerprint density at radius 2 is 1.60 bits per heavy atom. The van der Waals surface area contributed by atoms with Crippen molar-refractivity contribution in [3.05, 3.63) is 6.26 Å². The molecule has 0 unspecified atom stereocenters. The fourth-order valence-corrected chi connectivity index (χ4v) is 1.57. The molecule has 0 aliphatic rings. The molecule has 61 valence electrons. The molecule has 1 radical (unpaired) electrons. The van der Waals surface area contributed by atoms with E-state index in [4.69, 9.17) is 0 Å². The van der Waals surface area contributed by atoms with Gasteiger partial charge in [0.25, 0.3) is 0 Å². The molecule has 0 saturated carbocycles. The molecule has 0 amide bonds. The zero-order valence-corrected chi connectivity index (χ0v) is 7.66. The Bertz CT molecular complexity index is 188. The minimum atomic E-state index is -3.11. The molecule has 0 aromatic carbocycles. The maximum Gasteiger partial charge on any atom is 0.156 e. The third-order valence-corrected chi connectivity index (χ3v) is 4.33. The van der Waals surface area contributed by atoms with E-state index >= 15 is 0 Å². The quantitative estimate of drug-likeness (QED) is 0.635. The molecule has 0 bridgehead atoms. The summed E-state index contributed by atoms with van der Waals surface area (Å²) in [4.78, 5) is 0. The Balaban J connectivity index is 4.68. The smallest absolute Gasteiger partial charge is 0.156 e. The van der Waals surface area contributed by atoms with Crippen molar-refractivity contribution in [1.29, 1.82) is 0 Å². The van der Waals surface area contributed by atoms with Gasteiger partial charge >= 0.3 is 0 Å². The first-order chi connectivity index (χ1) is 4.37. The van der Waals surface area contributed by atoms with Crippen LogP contribution >= 0.6 is 0 Å². The van der Waals surface area contributed by atoms with Gasteiger partial charge in [-0.2, -0.15) is 0 Å². The van der Waals surface area contributed by atoms with Crippen molar-refractivity contribution in [1.82, 2.24) is 0 Å². The van der Waals surface area contributed by atoms with Crippen LogP contribution in [0.4, 0.5) is 0 Å². The Morgan fingerprint density at radius 1 is 1.30 bits per heavy atom. The summed E-state index contributed by atoms with van der Waals surface area (Å²) in [5.41, 5.74) is 0. The van der Waals surface area contributed by atoms with Crippen LogP contribution in [0.25, 0.3) is 0 Å². The Hall–Kier alpha value is -0.0500. The molecule has 0 rings (SSSR count). The molecular weight excluding hydrogens is 148 g/mol. The summed E-state index contributed by atoms with van der Waals surface area (Å²) < 4.78 is 21.4. The van der Waals surface area contributed by atoms with Crippen molar-refractivity contribution in [2.45, 2.75) is 38.4 Å². The number of hydrogen-bond donors (Lipinski definition) is 0. The monoisotopic (exact) mass is 163 g/mol. The largest absolute Gasteiger partial charge is 0.228 e. The molecule has 2 nitrogen and oxygen atoms in total. The highest BCUT2D eigenvalue weighted by Gasteiger charge is 2.31. The normalized spacial score (nSPS) is 13.6. The third-order valence-electron chi connectivity index (χ3n) is 2.25. The fourth-order valence-electron chi connectivity index (χ4n) is 0.690. The van der Waals surface area contributed by atoms with Gasteiger partial charge in [0.05, 0.1) is 11.0 Å². The van der Waals surface area contributed by atoms with Crippen LogP contribution in [0, 0.1) is 6.26 Å². The first-order valence-electron chi connectivity index (χ1n) is 3.45. The SMILES string of the molecule is [CH2]S(=O)(=O)C(C)(CC)CC. The summed E-state index contributed by atoms with van der Waals surface area (Å²) in [6, 6.07) is 0. The van der Waals surface area contributed by atoms with Gasteiger partial charge in [-0.1, -0.05) is 13.8 Å². The molecule has 0 atom stereocenters. The summed E-state index contributed by atoms with van der Waals surface area (Å²) in [5.74, 6) is 0. The molecule has 0 fully saturated rings. The lowest BCUT2D eigenvalue weighted by Gasteiger charge is -2.23. The minimum Gasteiger partial charge on any atom is -0.228 e. The average Bonchev–Trinajstić information content (AvgIpc) is 1.84. The van der Waals surface area contributed by atoms with E-state index in [1.807, 2.05) is 13.8 Å². The Kier molecular flexibility index (Phi) is 2.89. The van der Waals surface area contributed by atoms with Crippen LogP contribution in [0.15, 0.2) is 0 Å². The second-order valence-electron chi connectivity index (χ2n) is 2.77. The third kappa shape index (κ3) is 1.72. The van der Waals surface area contributed by atoms with E-state index in [1.54, 1.807) is 6.92 Å². The van der Waals surface area contributed by atoms with E-state index in [-0.39, 0.29) is 0 Å². The molecule has 0 aromatic heterocycles. The van der Waals surface area contributed by atoms with Crippen molar-refractivity contribution < 1.29 is 8.42 Å². The fraction of sp³-hybridized carbons (Fsp3) is 0.857. The van der Waals surface area contributed by atoms with Crippen LogP contribution in [-0.4, -0.2) is 13.2 Å². The van der Waals surface area contributed by atoms with Crippen LogP contribution in [0.2, 0.25) is 0 Å². The van der Waals surface area contributed by atoms with E-state index in [9.17, 15) is 8.42 Å². The predicted octanol–water partition coefficient (Wildman–Crippen LogP) is 1.77. The number of sulfone groups is 1. The molecule has 0 saturated heterocycles. The second-order valence-corrected chi connectivity index (χ2v) is 4.99. The Labute approximate surface area is 63.6 Å². The highest BCUT2D eigenvalue weighted by Crippen LogP contribution is 2.24. The van der Waals surface area contributed by atoms with E-state index in [2.05, 4.69) is 6.26 Å². The number of rotatable bonds is 3. The number of hydrogen-bond acceptors (Lipinski definition) is 2. The van der Waals surface area contributed by atoms with Crippen molar-refractivity contribution in [2.75, 3.05) is 0 Å². The highest BCUT2D eigenvalue weighted by molar-refractivity contribution is 7.93. The van der Waals surface area contributed by atoms with E-state index in [1.165, 1.54) is 0 Å². The lowest BCUT2D eigenvalue weighted by Crippen LogP contribution is -2.31.